The standard InChI is InChI=1S/C17H26N6O7/c1-8(22-16(28)11(18)3-4-13(24)25)14(26)21-9(2)15(27)23-12(17(29)30)5-10-6-19-7-20-10/h6-9,11-12H,3-5,18H2,1-2H3,(H,19,20)(H,21,26)(H,22,28)(H,23,27)(H,24,25)(H,29,30). The number of aromatic amines is 1. The molecule has 13 nitrogen and oxygen atoms in total. The third-order valence-corrected chi connectivity index (χ3v) is 4.10. The first-order chi connectivity index (χ1) is 14.0. The second-order valence-corrected chi connectivity index (χ2v) is 6.68. The molecule has 1 rings (SSSR count). The van der Waals surface area contributed by atoms with Crippen LogP contribution in [0.2, 0.25) is 0 Å². The first kappa shape index (κ1) is 24.6. The molecule has 0 saturated carbocycles. The quantitative estimate of drug-likeness (QED) is 0.191. The van der Waals surface area contributed by atoms with Crippen LogP contribution in [0.5, 0.6) is 0 Å². The lowest BCUT2D eigenvalue weighted by molar-refractivity contribution is -0.142. The zero-order valence-electron chi connectivity index (χ0n) is 16.5. The summed E-state index contributed by atoms with van der Waals surface area (Å²) in [5.74, 6) is -4.49. The van der Waals surface area contributed by atoms with Crippen LogP contribution in [0.25, 0.3) is 0 Å². The number of carboxylic acid groups (broad SMARTS) is 2. The third kappa shape index (κ3) is 8.26. The van der Waals surface area contributed by atoms with Crippen molar-refractivity contribution in [3.8, 4) is 0 Å². The molecule has 0 radical (unpaired) electrons. The average Bonchev–Trinajstić information content (AvgIpc) is 3.18. The highest BCUT2D eigenvalue weighted by atomic mass is 16.4. The fourth-order valence-electron chi connectivity index (χ4n) is 2.31. The molecule has 166 valence electrons. The fourth-order valence-corrected chi connectivity index (χ4v) is 2.31. The van der Waals surface area contributed by atoms with Crippen molar-refractivity contribution in [1.82, 2.24) is 25.9 Å². The van der Waals surface area contributed by atoms with Gasteiger partial charge in [0.1, 0.15) is 18.1 Å². The van der Waals surface area contributed by atoms with Crippen LogP contribution in [-0.2, 0) is 30.4 Å². The van der Waals surface area contributed by atoms with Crippen molar-refractivity contribution in [2.45, 2.75) is 57.3 Å². The van der Waals surface area contributed by atoms with E-state index in [9.17, 15) is 29.1 Å². The summed E-state index contributed by atoms with van der Waals surface area (Å²) in [6.45, 7) is 2.72. The zero-order chi connectivity index (χ0) is 22.8. The van der Waals surface area contributed by atoms with E-state index in [2.05, 4.69) is 25.9 Å². The number of aromatic nitrogens is 2. The smallest absolute Gasteiger partial charge is 0.326 e. The van der Waals surface area contributed by atoms with Gasteiger partial charge in [-0.3, -0.25) is 19.2 Å². The summed E-state index contributed by atoms with van der Waals surface area (Å²) >= 11 is 0. The number of carbonyl (C=O) groups is 5. The van der Waals surface area contributed by atoms with E-state index in [4.69, 9.17) is 10.8 Å². The van der Waals surface area contributed by atoms with Crippen molar-refractivity contribution in [3.05, 3.63) is 18.2 Å². The van der Waals surface area contributed by atoms with E-state index in [0.717, 1.165) is 0 Å². The van der Waals surface area contributed by atoms with Crippen molar-refractivity contribution in [3.63, 3.8) is 0 Å². The molecule has 1 heterocycles. The van der Waals surface area contributed by atoms with Crippen LogP contribution in [0.3, 0.4) is 0 Å². The van der Waals surface area contributed by atoms with Gasteiger partial charge in [0.2, 0.25) is 17.7 Å². The Morgan fingerprint density at radius 3 is 2.10 bits per heavy atom. The number of hydrogen-bond acceptors (Lipinski definition) is 7. The number of carboxylic acids is 2. The minimum atomic E-state index is -1.26. The lowest BCUT2D eigenvalue weighted by Gasteiger charge is -2.21. The largest absolute Gasteiger partial charge is 0.481 e. The van der Waals surface area contributed by atoms with E-state index in [0.29, 0.717) is 5.69 Å². The van der Waals surface area contributed by atoms with Crippen molar-refractivity contribution in [1.29, 1.82) is 0 Å². The van der Waals surface area contributed by atoms with Gasteiger partial charge in [-0.15, -0.1) is 0 Å². The molecule has 0 aliphatic rings. The number of rotatable bonds is 12. The van der Waals surface area contributed by atoms with E-state index in [1.54, 1.807) is 0 Å². The van der Waals surface area contributed by atoms with Crippen LogP contribution in [0, 0.1) is 0 Å². The van der Waals surface area contributed by atoms with E-state index in [-0.39, 0.29) is 19.3 Å². The molecule has 0 saturated heterocycles. The molecule has 0 fully saturated rings. The average molecular weight is 426 g/mol. The van der Waals surface area contributed by atoms with Crippen molar-refractivity contribution in [2.24, 2.45) is 5.73 Å². The molecule has 4 unspecified atom stereocenters. The SMILES string of the molecule is CC(NC(=O)C(N)CCC(=O)O)C(=O)NC(C)C(=O)NC(Cc1cnc[nH]1)C(=O)O. The molecule has 0 bridgehead atoms. The van der Waals surface area contributed by atoms with Crippen molar-refractivity contribution in [2.75, 3.05) is 0 Å². The summed E-state index contributed by atoms with van der Waals surface area (Å²) in [4.78, 5) is 64.7. The highest BCUT2D eigenvalue weighted by Gasteiger charge is 2.27. The molecule has 0 spiro atoms. The number of nitrogens with two attached hydrogens (primary N) is 1. The Bertz CT molecular complexity index is 767. The summed E-state index contributed by atoms with van der Waals surface area (Å²) in [6, 6.07) is -4.47. The molecular formula is C17H26N6O7. The molecule has 0 aliphatic heterocycles. The van der Waals surface area contributed by atoms with E-state index >= 15 is 0 Å². The second kappa shape index (κ2) is 11.5. The summed E-state index contributed by atoms with van der Waals surface area (Å²) in [7, 11) is 0. The number of amides is 3. The highest BCUT2D eigenvalue weighted by Crippen LogP contribution is 2.00. The van der Waals surface area contributed by atoms with E-state index < -0.39 is 53.8 Å². The Kier molecular flexibility index (Phi) is 9.42. The minimum absolute atomic E-state index is 0.0254. The Morgan fingerprint density at radius 1 is 1.03 bits per heavy atom. The van der Waals surface area contributed by atoms with Gasteiger partial charge in [-0.05, 0) is 20.3 Å². The number of carbonyl (C=O) groups excluding carboxylic acids is 3. The van der Waals surface area contributed by atoms with Gasteiger partial charge in [0.05, 0.1) is 12.4 Å². The first-order valence-corrected chi connectivity index (χ1v) is 9.09. The third-order valence-electron chi connectivity index (χ3n) is 4.10. The molecule has 30 heavy (non-hydrogen) atoms. The predicted octanol–water partition coefficient (Wildman–Crippen LogP) is -2.28. The molecule has 1 aromatic heterocycles. The molecule has 4 atom stereocenters. The van der Waals surface area contributed by atoms with Crippen molar-refractivity contribution >= 4 is 29.7 Å². The molecule has 1 aromatic rings. The number of nitrogens with zero attached hydrogens (tertiary/aromatic N) is 1. The van der Waals surface area contributed by atoms with Crippen LogP contribution in [0.1, 0.15) is 32.4 Å². The Hall–Kier alpha value is -3.48. The van der Waals surface area contributed by atoms with E-state index in [1.807, 2.05) is 0 Å². The van der Waals surface area contributed by atoms with Crippen LogP contribution in [0.15, 0.2) is 12.5 Å². The lowest BCUT2D eigenvalue weighted by atomic mass is 10.1. The van der Waals surface area contributed by atoms with Gasteiger partial charge in [-0.2, -0.15) is 0 Å². The molecular weight excluding hydrogens is 400 g/mol. The summed E-state index contributed by atoms with van der Waals surface area (Å²) in [6.07, 6.45) is 2.39. The summed E-state index contributed by atoms with van der Waals surface area (Å²) < 4.78 is 0. The van der Waals surface area contributed by atoms with Gasteiger partial charge < -0.3 is 36.9 Å². The topological polar surface area (TPSA) is 217 Å². The Morgan fingerprint density at radius 2 is 1.60 bits per heavy atom. The number of aliphatic carboxylic acids is 2. The van der Waals surface area contributed by atoms with Crippen LogP contribution >= 0.6 is 0 Å². The first-order valence-electron chi connectivity index (χ1n) is 9.09. The molecule has 0 aromatic carbocycles. The lowest BCUT2D eigenvalue weighted by Crippen LogP contribution is -2.55. The van der Waals surface area contributed by atoms with Gasteiger partial charge in [0, 0.05) is 24.7 Å². The number of H-pyrrole nitrogens is 1. The number of nitrogens with one attached hydrogen (secondary N) is 4. The number of imidazole rings is 1. The maximum Gasteiger partial charge on any atom is 0.326 e. The van der Waals surface area contributed by atoms with Gasteiger partial charge >= 0.3 is 11.9 Å². The summed E-state index contributed by atoms with van der Waals surface area (Å²) in [5, 5.41) is 24.9. The van der Waals surface area contributed by atoms with Gasteiger partial charge in [-0.1, -0.05) is 0 Å². The van der Waals surface area contributed by atoms with Crippen LogP contribution in [-0.4, -0.2) is 74.0 Å². The second-order valence-electron chi connectivity index (χ2n) is 6.68. The van der Waals surface area contributed by atoms with Crippen LogP contribution < -0.4 is 21.7 Å². The van der Waals surface area contributed by atoms with Gasteiger partial charge in [0.15, 0.2) is 0 Å². The predicted molar refractivity (Wildman–Crippen MR) is 102 cm³/mol. The van der Waals surface area contributed by atoms with Gasteiger partial charge in [0.25, 0.3) is 0 Å². The molecule has 13 heteroatoms. The van der Waals surface area contributed by atoms with Gasteiger partial charge in [-0.25, -0.2) is 9.78 Å². The molecule has 3 amide bonds. The van der Waals surface area contributed by atoms with E-state index in [1.165, 1.54) is 26.4 Å². The van der Waals surface area contributed by atoms with Crippen molar-refractivity contribution < 1.29 is 34.2 Å². The monoisotopic (exact) mass is 426 g/mol. The molecule has 0 aliphatic carbocycles. The number of hydrogen-bond donors (Lipinski definition) is 7. The maximum atomic E-state index is 12.2. The Balaban J connectivity index is 2.54. The minimum Gasteiger partial charge on any atom is -0.481 e. The Labute approximate surface area is 171 Å². The maximum absolute atomic E-state index is 12.2. The van der Waals surface area contributed by atoms with Crippen LogP contribution in [0.4, 0.5) is 0 Å². The normalized spacial score (nSPS) is 14.6. The molecule has 8 N–H and O–H groups in total. The zero-order valence-corrected chi connectivity index (χ0v) is 16.5. The summed E-state index contributed by atoms with van der Waals surface area (Å²) in [5.41, 5.74) is 6.08. The fraction of sp³-hybridized carbons (Fsp3) is 0.529. The highest BCUT2D eigenvalue weighted by molar-refractivity contribution is 5.93.